The molecule has 82 valence electrons. The molecular weight excluding hydrogens is 172 g/mol. The maximum atomic E-state index is 5.18. The van der Waals surface area contributed by atoms with Crippen LogP contribution in [0.4, 0.5) is 0 Å². The molecule has 0 heterocycles. The molecule has 1 atom stereocenters. The maximum absolute atomic E-state index is 5.18. The third-order valence-corrected chi connectivity index (χ3v) is 2.42. The summed E-state index contributed by atoms with van der Waals surface area (Å²) >= 11 is 0. The van der Waals surface area contributed by atoms with Crippen LogP contribution in [-0.2, 0) is 0 Å². The van der Waals surface area contributed by atoms with Crippen molar-refractivity contribution in [3.63, 3.8) is 0 Å². The average molecular weight is 196 g/mol. The quantitative estimate of drug-likeness (QED) is 0.470. The zero-order chi connectivity index (χ0) is 10.8. The number of terminal acetylenes is 1. The van der Waals surface area contributed by atoms with Gasteiger partial charge in [-0.15, -0.1) is 12.3 Å². The Morgan fingerprint density at radius 3 is 2.50 bits per heavy atom. The fraction of sp³-hybridized carbons (Fsp3) is 0.833. The smallest absolute Gasteiger partial charge is 0.0166 e. The average Bonchev–Trinajstić information content (AvgIpc) is 2.21. The van der Waals surface area contributed by atoms with Crippen LogP contribution in [0.25, 0.3) is 0 Å². The fourth-order valence-corrected chi connectivity index (χ4v) is 1.47. The molecule has 0 spiro atoms. The van der Waals surface area contributed by atoms with E-state index in [1.165, 1.54) is 0 Å². The molecule has 0 aliphatic heterocycles. The van der Waals surface area contributed by atoms with Crippen molar-refractivity contribution in [3.05, 3.63) is 0 Å². The molecule has 0 rings (SSSR count). The Morgan fingerprint density at radius 1 is 1.36 bits per heavy atom. The highest BCUT2D eigenvalue weighted by atomic mass is 15.1. The predicted octanol–water partition coefficient (Wildman–Crippen LogP) is 1.72. The van der Waals surface area contributed by atoms with Gasteiger partial charge in [0.1, 0.15) is 0 Å². The van der Waals surface area contributed by atoms with Gasteiger partial charge in [-0.25, -0.2) is 0 Å². The van der Waals surface area contributed by atoms with E-state index in [9.17, 15) is 0 Å². The molecule has 0 saturated heterocycles. The minimum Gasteiger partial charge on any atom is -0.313 e. The number of nitrogens with one attached hydrogen (secondary N) is 1. The Morgan fingerprint density at radius 2 is 2.00 bits per heavy atom. The van der Waals surface area contributed by atoms with Crippen LogP contribution in [-0.4, -0.2) is 37.1 Å². The van der Waals surface area contributed by atoms with E-state index < -0.39 is 0 Å². The first-order valence-electron chi connectivity index (χ1n) is 5.63. The maximum Gasteiger partial charge on any atom is 0.0166 e. The first kappa shape index (κ1) is 13.5. The summed E-state index contributed by atoms with van der Waals surface area (Å²) in [6.07, 6.45) is 7.15. The summed E-state index contributed by atoms with van der Waals surface area (Å²) in [6.45, 7) is 11.1. The van der Waals surface area contributed by atoms with E-state index in [0.717, 1.165) is 39.0 Å². The molecule has 1 N–H and O–H groups in total. The van der Waals surface area contributed by atoms with Gasteiger partial charge in [0.05, 0.1) is 0 Å². The molecular formula is C12H24N2. The lowest BCUT2D eigenvalue weighted by molar-refractivity contribution is 0.271. The largest absolute Gasteiger partial charge is 0.313 e. The van der Waals surface area contributed by atoms with Crippen LogP contribution in [0.15, 0.2) is 0 Å². The van der Waals surface area contributed by atoms with E-state index >= 15 is 0 Å². The SMILES string of the molecule is C#CCCCNC(C)CN(CC)CC. The third kappa shape index (κ3) is 6.94. The van der Waals surface area contributed by atoms with Gasteiger partial charge in [0, 0.05) is 19.0 Å². The molecule has 0 aromatic carbocycles. The van der Waals surface area contributed by atoms with E-state index in [-0.39, 0.29) is 0 Å². The van der Waals surface area contributed by atoms with Crippen molar-refractivity contribution in [1.29, 1.82) is 0 Å². The van der Waals surface area contributed by atoms with Gasteiger partial charge in [0.25, 0.3) is 0 Å². The third-order valence-electron chi connectivity index (χ3n) is 2.42. The number of unbranched alkanes of at least 4 members (excludes halogenated alkanes) is 1. The normalized spacial score (nSPS) is 12.8. The lowest BCUT2D eigenvalue weighted by Gasteiger charge is -2.23. The van der Waals surface area contributed by atoms with Crippen LogP contribution in [0.3, 0.4) is 0 Å². The molecule has 0 radical (unpaired) electrons. The molecule has 0 saturated carbocycles. The summed E-state index contributed by atoms with van der Waals surface area (Å²) in [7, 11) is 0. The molecule has 0 fully saturated rings. The highest BCUT2D eigenvalue weighted by Gasteiger charge is 2.05. The lowest BCUT2D eigenvalue weighted by atomic mass is 10.2. The van der Waals surface area contributed by atoms with Crippen molar-refractivity contribution >= 4 is 0 Å². The van der Waals surface area contributed by atoms with E-state index in [4.69, 9.17) is 6.42 Å². The number of hydrogen-bond donors (Lipinski definition) is 1. The molecule has 0 bridgehead atoms. The second-order valence-corrected chi connectivity index (χ2v) is 3.65. The van der Waals surface area contributed by atoms with Crippen LogP contribution in [0.5, 0.6) is 0 Å². The predicted molar refractivity (Wildman–Crippen MR) is 63.3 cm³/mol. The molecule has 14 heavy (non-hydrogen) atoms. The summed E-state index contributed by atoms with van der Waals surface area (Å²) in [6, 6.07) is 0.563. The van der Waals surface area contributed by atoms with Crippen LogP contribution in [0, 0.1) is 12.3 Å². The topological polar surface area (TPSA) is 15.3 Å². The number of likely N-dealkylation sites (N-methyl/N-ethyl adjacent to an activating group) is 1. The van der Waals surface area contributed by atoms with Gasteiger partial charge in [0.15, 0.2) is 0 Å². The van der Waals surface area contributed by atoms with Gasteiger partial charge in [-0.1, -0.05) is 13.8 Å². The molecule has 0 aromatic rings. The molecule has 0 aliphatic carbocycles. The summed E-state index contributed by atoms with van der Waals surface area (Å²) < 4.78 is 0. The second kappa shape index (κ2) is 9.05. The first-order valence-corrected chi connectivity index (χ1v) is 5.63. The van der Waals surface area contributed by atoms with Crippen LogP contribution in [0.2, 0.25) is 0 Å². The Bertz CT molecular complexity index is 156. The van der Waals surface area contributed by atoms with Gasteiger partial charge in [-0.05, 0) is 33.0 Å². The summed E-state index contributed by atoms with van der Waals surface area (Å²) in [4.78, 5) is 2.43. The molecule has 0 aliphatic rings. The lowest BCUT2D eigenvalue weighted by Crippen LogP contribution is -2.39. The van der Waals surface area contributed by atoms with Gasteiger partial charge in [-0.3, -0.25) is 0 Å². The van der Waals surface area contributed by atoms with E-state index in [2.05, 4.69) is 36.9 Å². The van der Waals surface area contributed by atoms with Gasteiger partial charge in [-0.2, -0.15) is 0 Å². The molecule has 0 aromatic heterocycles. The Hall–Kier alpha value is -0.520. The van der Waals surface area contributed by atoms with Gasteiger partial charge >= 0.3 is 0 Å². The van der Waals surface area contributed by atoms with E-state index in [1.54, 1.807) is 0 Å². The number of nitrogens with zero attached hydrogens (tertiary/aromatic N) is 1. The van der Waals surface area contributed by atoms with Crippen molar-refractivity contribution in [2.75, 3.05) is 26.2 Å². The second-order valence-electron chi connectivity index (χ2n) is 3.65. The highest BCUT2D eigenvalue weighted by Crippen LogP contribution is 1.92. The van der Waals surface area contributed by atoms with Crippen molar-refractivity contribution in [1.82, 2.24) is 10.2 Å². The minimum atomic E-state index is 0.563. The first-order chi connectivity index (χ1) is 6.74. The Kier molecular flexibility index (Phi) is 8.72. The van der Waals surface area contributed by atoms with Crippen molar-refractivity contribution in [2.45, 2.75) is 39.7 Å². The van der Waals surface area contributed by atoms with Crippen molar-refractivity contribution in [3.8, 4) is 12.3 Å². The Balaban J connectivity index is 3.44. The standard InChI is InChI=1S/C12H24N2/c1-5-8-9-10-13-12(4)11-14(6-2)7-3/h1,12-13H,6-11H2,2-4H3. The summed E-state index contributed by atoms with van der Waals surface area (Å²) in [5.74, 6) is 2.65. The Labute approximate surface area is 89.1 Å². The molecule has 2 heteroatoms. The van der Waals surface area contributed by atoms with Crippen molar-refractivity contribution < 1.29 is 0 Å². The zero-order valence-corrected chi connectivity index (χ0v) is 9.84. The number of rotatable bonds is 8. The van der Waals surface area contributed by atoms with Gasteiger partial charge in [0.2, 0.25) is 0 Å². The molecule has 1 unspecified atom stereocenters. The minimum absolute atomic E-state index is 0.563. The fourth-order valence-electron chi connectivity index (χ4n) is 1.47. The summed E-state index contributed by atoms with van der Waals surface area (Å²) in [5.41, 5.74) is 0. The highest BCUT2D eigenvalue weighted by molar-refractivity contribution is 4.83. The molecule has 0 amide bonds. The van der Waals surface area contributed by atoms with E-state index in [0.29, 0.717) is 6.04 Å². The monoisotopic (exact) mass is 196 g/mol. The zero-order valence-electron chi connectivity index (χ0n) is 9.84. The summed E-state index contributed by atoms with van der Waals surface area (Å²) in [5, 5.41) is 3.48. The van der Waals surface area contributed by atoms with Crippen LogP contribution in [0.1, 0.15) is 33.6 Å². The number of hydrogen-bond acceptors (Lipinski definition) is 2. The molecule has 2 nitrogen and oxygen atoms in total. The van der Waals surface area contributed by atoms with E-state index in [1.807, 2.05) is 0 Å². The van der Waals surface area contributed by atoms with Crippen LogP contribution < -0.4 is 5.32 Å². The van der Waals surface area contributed by atoms with Crippen molar-refractivity contribution in [2.24, 2.45) is 0 Å². The van der Waals surface area contributed by atoms with Crippen LogP contribution >= 0.6 is 0 Å². The van der Waals surface area contributed by atoms with Gasteiger partial charge < -0.3 is 10.2 Å².